The maximum atomic E-state index is 12.7. The summed E-state index contributed by atoms with van der Waals surface area (Å²) in [5.74, 6) is -0.640. The van der Waals surface area contributed by atoms with Crippen LogP contribution >= 0.6 is 0 Å². The summed E-state index contributed by atoms with van der Waals surface area (Å²) in [6.07, 6.45) is -2.48. The molecule has 4 unspecified atom stereocenters. The molecule has 1 amide bonds. The maximum absolute atomic E-state index is 12.7. The second kappa shape index (κ2) is 13.0. The molecule has 1 saturated heterocycles. The monoisotopic (exact) mass is 447 g/mol. The van der Waals surface area contributed by atoms with Gasteiger partial charge in [-0.2, -0.15) is 0 Å². The van der Waals surface area contributed by atoms with Gasteiger partial charge in [0.25, 0.3) is 0 Å². The third-order valence-corrected chi connectivity index (χ3v) is 4.55. The molecule has 32 heavy (non-hydrogen) atoms. The number of alkyl carbamates (subject to hydrolysis) is 1. The third-order valence-electron chi connectivity index (χ3n) is 4.55. The van der Waals surface area contributed by atoms with Crippen LogP contribution in [-0.4, -0.2) is 62.8 Å². The molecule has 1 aliphatic heterocycles. The average Bonchev–Trinajstić information content (AvgIpc) is 2.79. The summed E-state index contributed by atoms with van der Waals surface area (Å²) < 4.78 is 28.3. The van der Waals surface area contributed by atoms with Gasteiger partial charge in [-0.3, -0.25) is 0 Å². The summed E-state index contributed by atoms with van der Waals surface area (Å²) in [5, 5.41) is 2.51. The van der Waals surface area contributed by atoms with Gasteiger partial charge in [0.1, 0.15) is 24.9 Å². The Morgan fingerprint density at radius 1 is 1.09 bits per heavy atom. The van der Waals surface area contributed by atoms with Gasteiger partial charge < -0.3 is 29.0 Å². The van der Waals surface area contributed by atoms with Crippen molar-refractivity contribution in [2.24, 2.45) is 0 Å². The van der Waals surface area contributed by atoms with Crippen molar-refractivity contribution in [2.45, 2.75) is 51.7 Å². The van der Waals surface area contributed by atoms with Crippen LogP contribution in [-0.2, 0) is 35.1 Å². The van der Waals surface area contributed by atoms with E-state index in [1.165, 1.54) is 0 Å². The predicted octanol–water partition coefficient (Wildman–Crippen LogP) is 3.17. The van der Waals surface area contributed by atoms with Crippen LogP contribution in [0, 0.1) is 0 Å². The molecule has 2 rings (SSSR count). The Hall–Kier alpha value is -2.68. The molecule has 1 aromatic rings. The lowest BCUT2D eigenvalue weighted by molar-refractivity contribution is -0.165. The van der Waals surface area contributed by atoms with Gasteiger partial charge in [0.2, 0.25) is 0 Å². The Morgan fingerprint density at radius 3 is 2.41 bits per heavy atom. The first-order valence-corrected chi connectivity index (χ1v) is 10.5. The zero-order chi connectivity index (χ0) is 23.5. The van der Waals surface area contributed by atoms with Gasteiger partial charge in [-0.15, -0.1) is 0 Å². The van der Waals surface area contributed by atoms with Gasteiger partial charge in [-0.1, -0.05) is 54.6 Å². The SMILES string of the molecule is C=C(C)COC1COCC(NC(=O)OCc2ccccc2)C(=O)OC(C)C1OCC(=C)C. The van der Waals surface area contributed by atoms with Gasteiger partial charge in [0, 0.05) is 0 Å². The van der Waals surface area contributed by atoms with E-state index in [0.717, 1.165) is 16.7 Å². The highest BCUT2D eigenvalue weighted by atomic mass is 16.6. The lowest BCUT2D eigenvalue weighted by Crippen LogP contribution is -2.47. The van der Waals surface area contributed by atoms with Crippen LogP contribution in [0.4, 0.5) is 4.79 Å². The highest BCUT2D eigenvalue weighted by Crippen LogP contribution is 2.18. The number of carbonyl (C=O) groups excluding carboxylic acids is 2. The largest absolute Gasteiger partial charge is 0.458 e. The van der Waals surface area contributed by atoms with E-state index in [4.69, 9.17) is 23.7 Å². The quantitative estimate of drug-likeness (QED) is 0.459. The molecule has 1 aliphatic rings. The summed E-state index contributed by atoms with van der Waals surface area (Å²) in [4.78, 5) is 24.9. The van der Waals surface area contributed by atoms with Crippen LogP contribution in [0.2, 0.25) is 0 Å². The summed E-state index contributed by atoms with van der Waals surface area (Å²) >= 11 is 0. The second-order valence-electron chi connectivity index (χ2n) is 7.98. The molecule has 0 radical (unpaired) electrons. The molecular weight excluding hydrogens is 414 g/mol. The molecule has 176 valence electrons. The Morgan fingerprint density at radius 2 is 1.75 bits per heavy atom. The number of cyclic esters (lactones) is 1. The minimum absolute atomic E-state index is 0.0827. The van der Waals surface area contributed by atoms with E-state index in [1.54, 1.807) is 6.92 Å². The molecule has 0 saturated carbocycles. The number of amides is 1. The van der Waals surface area contributed by atoms with Crippen molar-refractivity contribution in [3.05, 3.63) is 60.2 Å². The van der Waals surface area contributed by atoms with Crippen LogP contribution in [0.3, 0.4) is 0 Å². The van der Waals surface area contributed by atoms with E-state index in [9.17, 15) is 9.59 Å². The molecule has 0 aliphatic carbocycles. The molecule has 1 aromatic carbocycles. The number of hydrogen-bond donors (Lipinski definition) is 1. The first-order chi connectivity index (χ1) is 15.3. The average molecular weight is 448 g/mol. The Balaban J connectivity index is 2.02. The number of esters is 1. The van der Waals surface area contributed by atoms with Crippen LogP contribution in [0.15, 0.2) is 54.6 Å². The molecular formula is C24H33NO7. The van der Waals surface area contributed by atoms with Crippen LogP contribution in [0.5, 0.6) is 0 Å². The zero-order valence-corrected chi connectivity index (χ0v) is 19.0. The summed E-state index contributed by atoms with van der Waals surface area (Å²) in [5.41, 5.74) is 2.50. The standard InChI is InChI=1S/C24H33NO7/c1-16(2)11-29-21-15-28-14-20(23(26)32-18(5)22(21)30-12-17(3)4)25-24(27)31-13-19-9-7-6-8-10-19/h6-10,18,20-22H,1,3,11-15H2,2,4-5H3,(H,25,27). The number of nitrogens with one attached hydrogen (secondary N) is 1. The zero-order valence-electron chi connectivity index (χ0n) is 19.0. The van der Waals surface area contributed by atoms with E-state index >= 15 is 0 Å². The number of carbonyl (C=O) groups is 2. The third kappa shape index (κ3) is 8.82. The molecule has 8 nitrogen and oxygen atoms in total. The van der Waals surface area contributed by atoms with Crippen molar-refractivity contribution in [3.8, 4) is 0 Å². The van der Waals surface area contributed by atoms with E-state index in [2.05, 4.69) is 18.5 Å². The van der Waals surface area contributed by atoms with Gasteiger partial charge in [-0.05, 0) is 26.3 Å². The molecule has 0 aromatic heterocycles. The molecule has 4 atom stereocenters. The van der Waals surface area contributed by atoms with Crippen molar-refractivity contribution in [2.75, 3.05) is 26.4 Å². The summed E-state index contributed by atoms with van der Waals surface area (Å²) in [7, 11) is 0. The van der Waals surface area contributed by atoms with Gasteiger partial charge in [-0.25, -0.2) is 9.59 Å². The highest BCUT2D eigenvalue weighted by molar-refractivity contribution is 5.81. The first-order valence-electron chi connectivity index (χ1n) is 10.5. The number of benzene rings is 1. The van der Waals surface area contributed by atoms with Crippen LogP contribution < -0.4 is 5.32 Å². The fraction of sp³-hybridized carbons (Fsp3) is 0.500. The van der Waals surface area contributed by atoms with Gasteiger partial charge in [0.15, 0.2) is 6.04 Å². The molecule has 1 fully saturated rings. The van der Waals surface area contributed by atoms with E-state index in [1.807, 2.05) is 44.2 Å². The van der Waals surface area contributed by atoms with Crippen molar-refractivity contribution >= 4 is 12.1 Å². The minimum Gasteiger partial charge on any atom is -0.458 e. The van der Waals surface area contributed by atoms with Crippen molar-refractivity contribution in [1.29, 1.82) is 0 Å². The fourth-order valence-electron chi connectivity index (χ4n) is 2.98. The van der Waals surface area contributed by atoms with E-state index in [0.29, 0.717) is 6.61 Å². The topological polar surface area (TPSA) is 92.3 Å². The lowest BCUT2D eigenvalue weighted by atomic mass is 10.1. The molecule has 0 bridgehead atoms. The predicted molar refractivity (Wildman–Crippen MR) is 119 cm³/mol. The normalized spacial score (nSPS) is 23.8. The minimum atomic E-state index is -1.03. The van der Waals surface area contributed by atoms with Crippen molar-refractivity contribution < 1.29 is 33.3 Å². The Labute approximate surface area is 189 Å². The molecule has 1 N–H and O–H groups in total. The molecule has 0 spiro atoms. The number of hydrogen-bond acceptors (Lipinski definition) is 7. The Bertz CT molecular complexity index is 780. The van der Waals surface area contributed by atoms with E-state index < -0.39 is 36.4 Å². The Kier molecular flexibility index (Phi) is 10.4. The maximum Gasteiger partial charge on any atom is 0.408 e. The lowest BCUT2D eigenvalue weighted by Gasteiger charge is -2.30. The number of ether oxygens (including phenoxy) is 5. The molecule has 1 heterocycles. The second-order valence-corrected chi connectivity index (χ2v) is 7.98. The van der Waals surface area contributed by atoms with Gasteiger partial charge in [0.05, 0.1) is 26.4 Å². The summed E-state index contributed by atoms with van der Waals surface area (Å²) in [6.45, 7) is 13.8. The van der Waals surface area contributed by atoms with Gasteiger partial charge >= 0.3 is 12.1 Å². The number of rotatable bonds is 9. The smallest absolute Gasteiger partial charge is 0.408 e. The highest BCUT2D eigenvalue weighted by Gasteiger charge is 2.36. The van der Waals surface area contributed by atoms with E-state index in [-0.39, 0.29) is 26.4 Å². The molecule has 8 heteroatoms. The summed E-state index contributed by atoms with van der Waals surface area (Å²) in [6, 6.07) is 8.21. The van der Waals surface area contributed by atoms with Crippen LogP contribution in [0.25, 0.3) is 0 Å². The van der Waals surface area contributed by atoms with Crippen LogP contribution in [0.1, 0.15) is 26.3 Å². The fourth-order valence-corrected chi connectivity index (χ4v) is 2.98. The van der Waals surface area contributed by atoms with Crippen molar-refractivity contribution in [1.82, 2.24) is 5.32 Å². The first kappa shape index (κ1) is 25.6. The van der Waals surface area contributed by atoms with Crippen molar-refractivity contribution in [3.63, 3.8) is 0 Å².